The molecule has 0 aromatic heterocycles. The van der Waals surface area contributed by atoms with Crippen molar-refractivity contribution in [2.45, 2.75) is 45.6 Å². The Kier molecular flexibility index (Phi) is 6.17. The Hall–Kier alpha value is -0.820. The lowest BCUT2D eigenvalue weighted by molar-refractivity contribution is 0.421. The highest BCUT2D eigenvalue weighted by Gasteiger charge is 2.10. The zero-order valence-electron chi connectivity index (χ0n) is 10.9. The van der Waals surface area contributed by atoms with E-state index in [1.807, 2.05) is 0 Å². The van der Waals surface area contributed by atoms with E-state index < -0.39 is 0 Å². The van der Waals surface area contributed by atoms with Crippen molar-refractivity contribution in [2.75, 3.05) is 7.05 Å². The Bertz CT molecular complexity index is 268. The molecule has 2 atom stereocenters. The lowest BCUT2D eigenvalue weighted by Crippen LogP contribution is -2.17. The Morgan fingerprint density at radius 1 is 1.06 bits per heavy atom. The van der Waals surface area contributed by atoms with Gasteiger partial charge in [0.1, 0.15) is 0 Å². The summed E-state index contributed by atoms with van der Waals surface area (Å²) in [5.74, 6) is 0.851. The van der Waals surface area contributed by atoms with Crippen molar-refractivity contribution in [3.63, 3.8) is 0 Å². The summed E-state index contributed by atoms with van der Waals surface area (Å²) in [7, 11) is 2.06. The molecule has 0 saturated carbocycles. The number of hydrogen-bond donors (Lipinski definition) is 1. The van der Waals surface area contributed by atoms with Gasteiger partial charge in [-0.2, -0.15) is 0 Å². The van der Waals surface area contributed by atoms with Gasteiger partial charge in [-0.3, -0.25) is 0 Å². The maximum Gasteiger partial charge on any atom is 0.0317 e. The number of nitrogens with one attached hydrogen (secondary N) is 1. The van der Waals surface area contributed by atoms with Crippen molar-refractivity contribution >= 4 is 0 Å². The van der Waals surface area contributed by atoms with Crippen LogP contribution in [0, 0.1) is 5.92 Å². The molecule has 0 heterocycles. The van der Waals surface area contributed by atoms with Crippen LogP contribution in [0.15, 0.2) is 30.3 Å². The molecule has 0 aliphatic heterocycles. The average molecular weight is 219 g/mol. The van der Waals surface area contributed by atoms with Gasteiger partial charge in [0.25, 0.3) is 0 Å². The van der Waals surface area contributed by atoms with Crippen LogP contribution in [0.2, 0.25) is 0 Å². The van der Waals surface area contributed by atoms with Crippen molar-refractivity contribution in [3.8, 4) is 0 Å². The predicted molar refractivity (Wildman–Crippen MR) is 71.5 cm³/mol. The number of rotatable bonds is 7. The summed E-state index contributed by atoms with van der Waals surface area (Å²) in [6.45, 7) is 4.63. The van der Waals surface area contributed by atoms with Crippen LogP contribution >= 0.6 is 0 Å². The van der Waals surface area contributed by atoms with E-state index in [1.54, 1.807) is 0 Å². The summed E-state index contributed by atoms with van der Waals surface area (Å²) in [5.41, 5.74) is 1.41. The third kappa shape index (κ3) is 4.36. The molecule has 0 saturated heterocycles. The molecule has 0 aliphatic carbocycles. The van der Waals surface area contributed by atoms with Crippen LogP contribution in [-0.4, -0.2) is 7.05 Å². The van der Waals surface area contributed by atoms with E-state index in [1.165, 1.54) is 31.2 Å². The summed E-state index contributed by atoms with van der Waals surface area (Å²) >= 11 is 0. The first-order chi connectivity index (χ1) is 7.77. The maximum absolute atomic E-state index is 3.42. The van der Waals surface area contributed by atoms with Crippen molar-refractivity contribution in [1.29, 1.82) is 0 Å². The summed E-state index contributed by atoms with van der Waals surface area (Å²) in [6, 6.07) is 11.3. The molecule has 1 N–H and O–H groups in total. The second-order valence-corrected chi connectivity index (χ2v) is 4.72. The second-order valence-electron chi connectivity index (χ2n) is 4.72. The molecule has 1 nitrogen and oxygen atoms in total. The Morgan fingerprint density at radius 3 is 2.31 bits per heavy atom. The van der Waals surface area contributed by atoms with Crippen LogP contribution in [0.3, 0.4) is 0 Å². The average Bonchev–Trinajstić information content (AvgIpc) is 2.31. The highest BCUT2D eigenvalue weighted by molar-refractivity contribution is 5.18. The molecule has 1 aromatic rings. The fourth-order valence-electron chi connectivity index (χ4n) is 2.25. The van der Waals surface area contributed by atoms with Crippen molar-refractivity contribution in [1.82, 2.24) is 5.32 Å². The maximum atomic E-state index is 3.42. The van der Waals surface area contributed by atoms with Gasteiger partial charge >= 0.3 is 0 Å². The molecule has 0 aliphatic rings. The first-order valence-electron chi connectivity index (χ1n) is 6.50. The summed E-state index contributed by atoms with van der Waals surface area (Å²) in [5, 5.41) is 3.42. The zero-order valence-corrected chi connectivity index (χ0v) is 10.9. The lowest BCUT2D eigenvalue weighted by atomic mass is 9.94. The van der Waals surface area contributed by atoms with E-state index in [2.05, 4.69) is 56.5 Å². The van der Waals surface area contributed by atoms with Crippen molar-refractivity contribution < 1.29 is 0 Å². The van der Waals surface area contributed by atoms with Gasteiger partial charge in [-0.15, -0.1) is 0 Å². The molecule has 0 radical (unpaired) electrons. The van der Waals surface area contributed by atoms with Gasteiger partial charge in [0.05, 0.1) is 0 Å². The quantitative estimate of drug-likeness (QED) is 0.726. The van der Waals surface area contributed by atoms with Gasteiger partial charge in [0, 0.05) is 6.04 Å². The molecular formula is C15H25N. The highest BCUT2D eigenvalue weighted by atomic mass is 14.9. The minimum atomic E-state index is 0.514. The lowest BCUT2D eigenvalue weighted by Gasteiger charge is -2.19. The Labute approximate surface area is 100 Å². The molecule has 1 aromatic carbocycles. The van der Waals surface area contributed by atoms with Crippen LogP contribution in [0.1, 0.15) is 51.1 Å². The number of hydrogen-bond acceptors (Lipinski definition) is 1. The van der Waals surface area contributed by atoms with Gasteiger partial charge in [-0.05, 0) is 31.4 Å². The second kappa shape index (κ2) is 7.45. The summed E-state index contributed by atoms with van der Waals surface area (Å²) in [4.78, 5) is 0. The Balaban J connectivity index is 2.44. The first-order valence-corrected chi connectivity index (χ1v) is 6.50. The van der Waals surface area contributed by atoms with Crippen molar-refractivity contribution in [3.05, 3.63) is 35.9 Å². The minimum absolute atomic E-state index is 0.514. The van der Waals surface area contributed by atoms with E-state index in [-0.39, 0.29) is 0 Å². The third-order valence-electron chi connectivity index (χ3n) is 3.28. The van der Waals surface area contributed by atoms with E-state index in [9.17, 15) is 0 Å². The Morgan fingerprint density at radius 2 is 1.75 bits per heavy atom. The standard InChI is InChI=1S/C15H25N/c1-4-8-13(2)11-12-15(16-3)14-9-6-5-7-10-14/h5-7,9-10,13,15-16H,4,8,11-12H2,1-3H3. The van der Waals surface area contributed by atoms with Gasteiger partial charge in [0.2, 0.25) is 0 Å². The summed E-state index contributed by atoms with van der Waals surface area (Å²) in [6.07, 6.45) is 5.21. The van der Waals surface area contributed by atoms with Crippen LogP contribution in [0.25, 0.3) is 0 Å². The topological polar surface area (TPSA) is 12.0 Å². The predicted octanol–water partition coefficient (Wildman–Crippen LogP) is 4.16. The highest BCUT2D eigenvalue weighted by Crippen LogP contribution is 2.22. The van der Waals surface area contributed by atoms with Gasteiger partial charge in [-0.1, -0.05) is 57.0 Å². The zero-order chi connectivity index (χ0) is 11.8. The molecule has 1 rings (SSSR count). The molecule has 90 valence electrons. The van der Waals surface area contributed by atoms with E-state index in [4.69, 9.17) is 0 Å². The molecule has 0 spiro atoms. The third-order valence-corrected chi connectivity index (χ3v) is 3.28. The smallest absolute Gasteiger partial charge is 0.0317 e. The van der Waals surface area contributed by atoms with Crippen LogP contribution < -0.4 is 5.32 Å². The van der Waals surface area contributed by atoms with Gasteiger partial charge < -0.3 is 5.32 Å². The fraction of sp³-hybridized carbons (Fsp3) is 0.600. The molecule has 1 heteroatoms. The largest absolute Gasteiger partial charge is 0.313 e. The molecule has 2 unspecified atom stereocenters. The van der Waals surface area contributed by atoms with E-state index in [0.29, 0.717) is 6.04 Å². The van der Waals surface area contributed by atoms with Gasteiger partial charge in [-0.25, -0.2) is 0 Å². The number of benzene rings is 1. The van der Waals surface area contributed by atoms with E-state index >= 15 is 0 Å². The molecule has 0 amide bonds. The minimum Gasteiger partial charge on any atom is -0.313 e. The monoisotopic (exact) mass is 219 g/mol. The van der Waals surface area contributed by atoms with Gasteiger partial charge in [0.15, 0.2) is 0 Å². The molecule has 0 bridgehead atoms. The van der Waals surface area contributed by atoms with Crippen LogP contribution in [0.5, 0.6) is 0 Å². The van der Waals surface area contributed by atoms with Crippen LogP contribution in [0.4, 0.5) is 0 Å². The SMILES string of the molecule is CCCC(C)CCC(NC)c1ccccc1. The molecule has 16 heavy (non-hydrogen) atoms. The van der Waals surface area contributed by atoms with Crippen molar-refractivity contribution in [2.24, 2.45) is 5.92 Å². The summed E-state index contributed by atoms with van der Waals surface area (Å²) < 4.78 is 0. The normalized spacial score (nSPS) is 14.7. The van der Waals surface area contributed by atoms with Crippen LogP contribution in [-0.2, 0) is 0 Å². The molecular weight excluding hydrogens is 194 g/mol. The van der Waals surface area contributed by atoms with E-state index in [0.717, 1.165) is 5.92 Å². The fourth-order valence-corrected chi connectivity index (χ4v) is 2.25. The molecule has 0 fully saturated rings. The first kappa shape index (κ1) is 13.2.